The maximum absolute atomic E-state index is 12.6. The van der Waals surface area contributed by atoms with Crippen LogP contribution in [0.3, 0.4) is 0 Å². The van der Waals surface area contributed by atoms with Gasteiger partial charge in [0.2, 0.25) is 5.71 Å². The highest BCUT2D eigenvalue weighted by molar-refractivity contribution is 5.84. The Hall–Kier alpha value is -3.15. The Morgan fingerprint density at radius 3 is 2.17 bits per heavy atom. The number of aromatic nitrogens is 1. The number of rotatable bonds is 14. The molecule has 188 valence electrons. The summed E-state index contributed by atoms with van der Waals surface area (Å²) in [6, 6.07) is 9.72. The molecule has 3 aromatic rings. The first kappa shape index (κ1) is 26.5. The molecule has 6 heteroatoms. The average molecular weight is 480 g/mol. The van der Waals surface area contributed by atoms with Gasteiger partial charge in [-0.05, 0) is 44.4 Å². The zero-order chi connectivity index (χ0) is 25.0. The van der Waals surface area contributed by atoms with Gasteiger partial charge in [-0.3, -0.25) is 4.79 Å². The number of hydrogen-bond acceptors (Lipinski definition) is 6. The van der Waals surface area contributed by atoms with E-state index in [0.29, 0.717) is 42.0 Å². The van der Waals surface area contributed by atoms with Gasteiger partial charge in [-0.2, -0.15) is 0 Å². The lowest BCUT2D eigenvalue weighted by Gasteiger charge is -2.10. The number of unbranched alkanes of at least 4 members (excludes halogenated alkanes) is 7. The fourth-order valence-electron chi connectivity index (χ4n) is 4.19. The van der Waals surface area contributed by atoms with Crippen molar-refractivity contribution in [3.8, 4) is 16.9 Å². The van der Waals surface area contributed by atoms with Crippen molar-refractivity contribution < 1.29 is 18.7 Å². The summed E-state index contributed by atoms with van der Waals surface area (Å²) >= 11 is 0. The molecule has 0 fully saturated rings. The first-order valence-electron chi connectivity index (χ1n) is 12.8. The first-order chi connectivity index (χ1) is 17.0. The lowest BCUT2D eigenvalue weighted by molar-refractivity contribution is -0.143. The Bertz CT molecular complexity index is 1150. The van der Waals surface area contributed by atoms with Crippen LogP contribution in [-0.4, -0.2) is 24.2 Å². The van der Waals surface area contributed by atoms with Gasteiger partial charge in [0.25, 0.3) is 0 Å². The third-order valence-electron chi connectivity index (χ3n) is 5.99. The molecule has 0 atom stereocenters. The van der Waals surface area contributed by atoms with Gasteiger partial charge in [-0.25, -0.2) is 9.78 Å². The van der Waals surface area contributed by atoms with Crippen LogP contribution in [0.25, 0.3) is 22.2 Å². The van der Waals surface area contributed by atoms with Gasteiger partial charge in [0.15, 0.2) is 0 Å². The van der Waals surface area contributed by atoms with Crippen LogP contribution >= 0.6 is 0 Å². The molecular weight excluding hydrogens is 442 g/mol. The van der Waals surface area contributed by atoms with E-state index in [0.717, 1.165) is 42.4 Å². The molecule has 0 saturated heterocycles. The van der Waals surface area contributed by atoms with E-state index in [4.69, 9.17) is 13.9 Å². The van der Waals surface area contributed by atoms with E-state index in [2.05, 4.69) is 11.1 Å². The zero-order valence-electron chi connectivity index (χ0n) is 21.2. The van der Waals surface area contributed by atoms with E-state index in [-0.39, 0.29) is 5.97 Å². The Morgan fingerprint density at radius 1 is 0.886 bits per heavy atom. The molecule has 0 N–H and O–H groups in total. The third-order valence-corrected chi connectivity index (χ3v) is 5.99. The number of ether oxygens (including phenoxy) is 2. The Labute approximate surface area is 207 Å². The molecule has 0 amide bonds. The molecule has 1 aromatic carbocycles. The molecule has 0 aliphatic rings. The number of carbonyl (C=O) groups is 1. The van der Waals surface area contributed by atoms with E-state index in [1.807, 2.05) is 45.0 Å². The van der Waals surface area contributed by atoms with Gasteiger partial charge in [-0.15, -0.1) is 0 Å². The fraction of sp³-hybridized carbons (Fsp3) is 0.483. The van der Waals surface area contributed by atoms with Crippen LogP contribution in [0.2, 0.25) is 0 Å². The summed E-state index contributed by atoms with van der Waals surface area (Å²) in [5.74, 6) is 0.575. The van der Waals surface area contributed by atoms with Crippen molar-refractivity contribution in [2.75, 3.05) is 13.2 Å². The van der Waals surface area contributed by atoms with Crippen LogP contribution in [0.5, 0.6) is 5.75 Å². The van der Waals surface area contributed by atoms with Crippen molar-refractivity contribution in [2.24, 2.45) is 0 Å². The zero-order valence-corrected chi connectivity index (χ0v) is 21.2. The molecule has 3 rings (SSSR count). The molecule has 2 aromatic heterocycles. The van der Waals surface area contributed by atoms with Gasteiger partial charge < -0.3 is 13.9 Å². The SMILES string of the molecule is CCC(=O)OCCCCCCCCCCOc1ccnc2oc(=O)c(-c3cc(C)cc(C)c3)cc12. The van der Waals surface area contributed by atoms with Gasteiger partial charge in [-0.1, -0.05) is 74.8 Å². The maximum Gasteiger partial charge on any atom is 0.345 e. The van der Waals surface area contributed by atoms with Crippen molar-refractivity contribution in [3.05, 3.63) is 58.1 Å². The van der Waals surface area contributed by atoms with Crippen LogP contribution in [0.1, 0.15) is 75.8 Å². The minimum Gasteiger partial charge on any atom is -0.493 e. The van der Waals surface area contributed by atoms with Gasteiger partial charge >= 0.3 is 11.6 Å². The summed E-state index contributed by atoms with van der Waals surface area (Å²) in [6.07, 6.45) is 11.0. The monoisotopic (exact) mass is 479 g/mol. The summed E-state index contributed by atoms with van der Waals surface area (Å²) in [4.78, 5) is 27.9. The molecule has 0 spiro atoms. The number of hydrogen-bond donors (Lipinski definition) is 0. The number of carbonyl (C=O) groups excluding carboxylic acids is 1. The summed E-state index contributed by atoms with van der Waals surface area (Å²) in [5, 5.41) is 0.714. The molecule has 0 bridgehead atoms. The van der Waals surface area contributed by atoms with E-state index < -0.39 is 5.63 Å². The lowest BCUT2D eigenvalue weighted by atomic mass is 10.0. The number of aryl methyl sites for hydroxylation is 2. The summed E-state index contributed by atoms with van der Waals surface area (Å²) in [7, 11) is 0. The molecule has 0 unspecified atom stereocenters. The summed E-state index contributed by atoms with van der Waals surface area (Å²) in [6.45, 7) is 7.00. The van der Waals surface area contributed by atoms with E-state index >= 15 is 0 Å². The minimum atomic E-state index is -0.394. The first-order valence-corrected chi connectivity index (χ1v) is 12.8. The van der Waals surface area contributed by atoms with Crippen LogP contribution in [-0.2, 0) is 9.53 Å². The predicted octanol–water partition coefficient (Wildman–Crippen LogP) is 6.92. The molecule has 0 aliphatic carbocycles. The van der Waals surface area contributed by atoms with Crippen molar-refractivity contribution in [3.63, 3.8) is 0 Å². The highest BCUT2D eigenvalue weighted by Crippen LogP contribution is 2.28. The second kappa shape index (κ2) is 13.7. The van der Waals surface area contributed by atoms with Crippen LogP contribution < -0.4 is 10.4 Å². The van der Waals surface area contributed by atoms with Crippen molar-refractivity contribution in [2.45, 2.75) is 78.6 Å². The van der Waals surface area contributed by atoms with E-state index in [9.17, 15) is 9.59 Å². The summed E-state index contributed by atoms with van der Waals surface area (Å²) < 4.78 is 16.7. The quantitative estimate of drug-likeness (QED) is 0.184. The number of pyridine rings is 1. The van der Waals surface area contributed by atoms with Gasteiger partial charge in [0, 0.05) is 12.6 Å². The van der Waals surface area contributed by atoms with Crippen LogP contribution in [0, 0.1) is 13.8 Å². The highest BCUT2D eigenvalue weighted by atomic mass is 16.5. The topological polar surface area (TPSA) is 78.6 Å². The second-order valence-electron chi connectivity index (χ2n) is 9.10. The number of benzene rings is 1. The Morgan fingerprint density at radius 2 is 1.51 bits per heavy atom. The highest BCUT2D eigenvalue weighted by Gasteiger charge is 2.13. The van der Waals surface area contributed by atoms with Gasteiger partial charge in [0.1, 0.15) is 5.75 Å². The molecule has 6 nitrogen and oxygen atoms in total. The largest absolute Gasteiger partial charge is 0.493 e. The molecular formula is C29H37NO5. The number of nitrogens with zero attached hydrogens (tertiary/aromatic N) is 1. The number of fused-ring (bicyclic) bond motifs is 1. The Balaban J connectivity index is 1.44. The van der Waals surface area contributed by atoms with Crippen LogP contribution in [0.4, 0.5) is 0 Å². The fourth-order valence-corrected chi connectivity index (χ4v) is 4.19. The normalized spacial score (nSPS) is 11.1. The minimum absolute atomic E-state index is 0.113. The van der Waals surface area contributed by atoms with Crippen molar-refractivity contribution in [1.29, 1.82) is 0 Å². The summed E-state index contributed by atoms with van der Waals surface area (Å²) in [5.41, 5.74) is 3.46. The molecule has 0 aliphatic heterocycles. The van der Waals surface area contributed by atoms with Gasteiger partial charge in [0.05, 0.1) is 24.2 Å². The molecule has 2 heterocycles. The van der Waals surface area contributed by atoms with Crippen LogP contribution in [0.15, 0.2) is 45.7 Å². The molecule has 0 saturated carbocycles. The van der Waals surface area contributed by atoms with Crippen molar-refractivity contribution >= 4 is 17.1 Å². The second-order valence-corrected chi connectivity index (χ2v) is 9.10. The maximum atomic E-state index is 12.6. The third kappa shape index (κ3) is 8.23. The van der Waals surface area contributed by atoms with E-state index in [1.165, 1.54) is 25.7 Å². The average Bonchev–Trinajstić information content (AvgIpc) is 2.83. The smallest absolute Gasteiger partial charge is 0.345 e. The van der Waals surface area contributed by atoms with Crippen molar-refractivity contribution in [1.82, 2.24) is 4.98 Å². The van der Waals surface area contributed by atoms with E-state index in [1.54, 1.807) is 6.20 Å². The molecule has 35 heavy (non-hydrogen) atoms. The Kier molecular flexibility index (Phi) is 10.3. The molecule has 0 radical (unpaired) electrons. The lowest BCUT2D eigenvalue weighted by Crippen LogP contribution is -2.05. The predicted molar refractivity (Wildman–Crippen MR) is 139 cm³/mol. The number of esters is 1. The standard InChI is InChI=1S/C29H37NO5/c1-4-27(31)34-16-12-10-8-6-5-7-9-11-15-33-26-13-14-30-28-25(26)20-24(29(32)35-28)23-18-21(2)17-22(3)19-23/h13-14,17-20H,4-12,15-16H2,1-3H3.